The van der Waals surface area contributed by atoms with Crippen molar-refractivity contribution in [3.8, 4) is 0 Å². The predicted octanol–water partition coefficient (Wildman–Crippen LogP) is 6.94. The van der Waals surface area contributed by atoms with Gasteiger partial charge in [0.25, 0.3) is 0 Å². The molecule has 5 nitrogen and oxygen atoms in total. The van der Waals surface area contributed by atoms with Gasteiger partial charge in [-0.1, -0.05) is 57.7 Å². The maximum absolute atomic E-state index is 12.5. The topological polar surface area (TPSA) is 79.1 Å². The van der Waals surface area contributed by atoms with Crippen LogP contribution in [0.4, 0.5) is 5.69 Å². The molecule has 0 spiro atoms. The second-order valence-electron chi connectivity index (χ2n) is 7.30. The minimum Gasteiger partial charge on any atom is -0.508 e. The standard InChI is InChI=1S/C25H31NO4S/c1-6-17(14-20(27)19(7-2)16(4)5)15-21-23(28)22(25(29)30-8-3)24(31-21)26-18-12-10-9-11-13-18/h9-16,27-28H,6-8H2,1-5H3/b17-14+,20-19-,21-15-,26-24?. The van der Waals surface area contributed by atoms with E-state index in [0.717, 1.165) is 17.6 Å². The highest BCUT2D eigenvalue weighted by atomic mass is 32.2. The number of carbonyl (C=O) groups is 1. The van der Waals surface area contributed by atoms with Crippen molar-refractivity contribution in [3.05, 3.63) is 75.6 Å². The minimum absolute atomic E-state index is 0.0635. The maximum Gasteiger partial charge on any atom is 0.344 e. The lowest BCUT2D eigenvalue weighted by Crippen LogP contribution is -2.12. The van der Waals surface area contributed by atoms with E-state index in [1.165, 1.54) is 11.8 Å². The molecule has 1 aromatic carbocycles. The Hall–Kier alpha value is -2.73. The summed E-state index contributed by atoms with van der Waals surface area (Å²) in [5, 5.41) is 21.8. The first kappa shape index (κ1) is 24.5. The van der Waals surface area contributed by atoms with Crippen LogP contribution in [0.15, 0.2) is 80.6 Å². The molecule has 0 saturated carbocycles. The lowest BCUT2D eigenvalue weighted by Gasteiger charge is -2.11. The number of rotatable bonds is 8. The molecule has 0 saturated heterocycles. The van der Waals surface area contributed by atoms with Gasteiger partial charge in [-0.05, 0) is 61.1 Å². The fraction of sp³-hybridized carbons (Fsp3) is 0.360. The number of allylic oxidation sites excluding steroid dienone is 4. The Labute approximate surface area is 188 Å². The van der Waals surface area contributed by atoms with Gasteiger partial charge in [0.15, 0.2) is 0 Å². The number of aliphatic hydroxyl groups is 2. The van der Waals surface area contributed by atoms with Gasteiger partial charge < -0.3 is 14.9 Å². The lowest BCUT2D eigenvalue weighted by atomic mass is 9.98. The SMILES string of the molecule is CCOC(=O)C1=C(O)/C(=C/C(=C/C(O)=C(\CC)C(C)C)CC)SC1=Nc1ccccc1. The third-order valence-electron chi connectivity index (χ3n) is 4.81. The third kappa shape index (κ3) is 6.37. The summed E-state index contributed by atoms with van der Waals surface area (Å²) in [6, 6.07) is 9.25. The number of hydrogen-bond acceptors (Lipinski definition) is 6. The van der Waals surface area contributed by atoms with Crippen molar-refractivity contribution in [2.24, 2.45) is 10.9 Å². The van der Waals surface area contributed by atoms with Crippen LogP contribution in [-0.4, -0.2) is 27.8 Å². The molecule has 166 valence electrons. The third-order valence-corrected chi connectivity index (χ3v) is 5.83. The Morgan fingerprint density at radius 3 is 2.39 bits per heavy atom. The van der Waals surface area contributed by atoms with Crippen LogP contribution in [0.5, 0.6) is 0 Å². The van der Waals surface area contributed by atoms with Crippen LogP contribution >= 0.6 is 11.8 Å². The normalized spacial score (nSPS) is 18.2. The van der Waals surface area contributed by atoms with Crippen LogP contribution in [0.2, 0.25) is 0 Å². The van der Waals surface area contributed by atoms with Crippen molar-refractivity contribution in [2.45, 2.75) is 47.5 Å². The number of hydrogen-bond donors (Lipinski definition) is 2. The van der Waals surface area contributed by atoms with Crippen molar-refractivity contribution in [1.29, 1.82) is 0 Å². The maximum atomic E-state index is 12.5. The molecule has 0 amide bonds. The first-order valence-corrected chi connectivity index (χ1v) is 11.4. The quantitative estimate of drug-likeness (QED) is 0.260. The van der Waals surface area contributed by atoms with Crippen LogP contribution in [0.1, 0.15) is 47.5 Å². The Kier molecular flexibility index (Phi) is 9.19. The van der Waals surface area contributed by atoms with Gasteiger partial charge in [-0.2, -0.15) is 0 Å². The molecule has 1 aromatic rings. The second-order valence-corrected chi connectivity index (χ2v) is 8.33. The van der Waals surface area contributed by atoms with E-state index >= 15 is 0 Å². The van der Waals surface area contributed by atoms with Crippen molar-refractivity contribution in [2.75, 3.05) is 6.61 Å². The van der Waals surface area contributed by atoms with E-state index in [1.54, 1.807) is 19.1 Å². The fourth-order valence-electron chi connectivity index (χ4n) is 3.18. The van der Waals surface area contributed by atoms with Gasteiger partial charge in [0.05, 0.1) is 17.2 Å². The van der Waals surface area contributed by atoms with E-state index in [9.17, 15) is 15.0 Å². The Morgan fingerprint density at radius 1 is 1.16 bits per heavy atom. The molecular weight excluding hydrogens is 410 g/mol. The van der Waals surface area contributed by atoms with Crippen LogP contribution in [-0.2, 0) is 9.53 Å². The lowest BCUT2D eigenvalue weighted by molar-refractivity contribution is -0.138. The average molecular weight is 442 g/mol. The van der Waals surface area contributed by atoms with Gasteiger partial charge in [-0.25, -0.2) is 9.79 Å². The van der Waals surface area contributed by atoms with Crippen LogP contribution in [0.25, 0.3) is 0 Å². The van der Waals surface area contributed by atoms with Gasteiger partial charge in [-0.15, -0.1) is 0 Å². The summed E-state index contributed by atoms with van der Waals surface area (Å²) >= 11 is 1.21. The van der Waals surface area contributed by atoms with Crippen molar-refractivity contribution in [1.82, 2.24) is 0 Å². The van der Waals surface area contributed by atoms with Crippen molar-refractivity contribution >= 4 is 28.5 Å². The van der Waals surface area contributed by atoms with Gasteiger partial charge in [0.1, 0.15) is 22.1 Å². The summed E-state index contributed by atoms with van der Waals surface area (Å²) in [7, 11) is 0. The van der Waals surface area contributed by atoms with E-state index in [1.807, 2.05) is 58.0 Å². The van der Waals surface area contributed by atoms with Crippen LogP contribution in [0, 0.1) is 5.92 Å². The van der Waals surface area contributed by atoms with E-state index in [-0.39, 0.29) is 29.6 Å². The van der Waals surface area contributed by atoms with E-state index in [4.69, 9.17) is 4.74 Å². The van der Waals surface area contributed by atoms with Crippen LogP contribution < -0.4 is 0 Å². The minimum atomic E-state index is -0.608. The summed E-state index contributed by atoms with van der Waals surface area (Å²) in [6.07, 6.45) is 4.93. The van der Waals surface area contributed by atoms with E-state index in [2.05, 4.69) is 4.99 Å². The zero-order valence-corrected chi connectivity index (χ0v) is 19.6. The molecule has 6 heteroatoms. The number of esters is 1. The summed E-state index contributed by atoms with van der Waals surface area (Å²) in [6.45, 7) is 10.0. The van der Waals surface area contributed by atoms with Crippen molar-refractivity contribution in [3.63, 3.8) is 0 Å². The largest absolute Gasteiger partial charge is 0.508 e. The Morgan fingerprint density at radius 2 is 1.84 bits per heavy atom. The fourth-order valence-corrected chi connectivity index (χ4v) is 4.23. The molecule has 2 rings (SSSR count). The highest BCUT2D eigenvalue weighted by Gasteiger charge is 2.33. The molecule has 0 aliphatic carbocycles. The average Bonchev–Trinajstić information content (AvgIpc) is 3.03. The first-order valence-electron chi connectivity index (χ1n) is 10.6. The molecule has 2 N–H and O–H groups in total. The number of aliphatic hydroxyl groups excluding tert-OH is 2. The number of benzene rings is 1. The highest BCUT2D eigenvalue weighted by molar-refractivity contribution is 8.18. The van der Waals surface area contributed by atoms with Gasteiger partial charge >= 0.3 is 5.97 Å². The zero-order valence-electron chi connectivity index (χ0n) is 18.8. The van der Waals surface area contributed by atoms with E-state index in [0.29, 0.717) is 22.1 Å². The Bertz CT molecular complexity index is 953. The molecule has 0 atom stereocenters. The van der Waals surface area contributed by atoms with Crippen molar-refractivity contribution < 1.29 is 19.7 Å². The predicted molar refractivity (Wildman–Crippen MR) is 129 cm³/mol. The Balaban J connectivity index is 2.52. The number of ether oxygens (including phenoxy) is 1. The zero-order chi connectivity index (χ0) is 23.0. The highest BCUT2D eigenvalue weighted by Crippen LogP contribution is 2.40. The van der Waals surface area contributed by atoms with E-state index < -0.39 is 5.97 Å². The number of aliphatic imine (C=N–C) groups is 1. The number of para-hydroxylation sites is 1. The summed E-state index contributed by atoms with van der Waals surface area (Å²) in [5.74, 6) is -0.272. The number of thioether (sulfide) groups is 1. The second kappa shape index (κ2) is 11.6. The number of nitrogens with zero attached hydrogens (tertiary/aromatic N) is 1. The van der Waals surface area contributed by atoms with Crippen LogP contribution in [0.3, 0.4) is 0 Å². The molecule has 1 aliphatic heterocycles. The molecule has 1 heterocycles. The smallest absolute Gasteiger partial charge is 0.344 e. The summed E-state index contributed by atoms with van der Waals surface area (Å²) in [4.78, 5) is 17.6. The monoisotopic (exact) mass is 441 g/mol. The first-order chi connectivity index (χ1) is 14.8. The molecule has 1 aliphatic rings. The summed E-state index contributed by atoms with van der Waals surface area (Å²) in [5.41, 5.74) is 2.55. The molecule has 0 bridgehead atoms. The molecule has 0 unspecified atom stereocenters. The molecule has 0 radical (unpaired) electrons. The summed E-state index contributed by atoms with van der Waals surface area (Å²) < 4.78 is 5.14. The van der Waals surface area contributed by atoms with Gasteiger partial charge in [-0.3, -0.25) is 0 Å². The molecular formula is C25H31NO4S. The molecule has 0 aromatic heterocycles. The number of carbonyl (C=O) groups excluding carboxylic acids is 1. The molecule has 0 fully saturated rings. The van der Waals surface area contributed by atoms with Gasteiger partial charge in [0.2, 0.25) is 0 Å². The molecule has 31 heavy (non-hydrogen) atoms. The van der Waals surface area contributed by atoms with Gasteiger partial charge in [0, 0.05) is 0 Å².